The molecule has 1 amide bonds. The number of piperazine rings is 1. The van der Waals surface area contributed by atoms with Crippen LogP contribution in [0.15, 0.2) is 24.3 Å². The van der Waals surface area contributed by atoms with Crippen LogP contribution >= 0.6 is 0 Å². The summed E-state index contributed by atoms with van der Waals surface area (Å²) in [5.74, 6) is -0.382. The molecular weight excluding hydrogens is 285 g/mol. The van der Waals surface area contributed by atoms with Gasteiger partial charge in [-0.1, -0.05) is 18.2 Å². The van der Waals surface area contributed by atoms with Crippen molar-refractivity contribution < 1.29 is 14.3 Å². The van der Waals surface area contributed by atoms with Crippen molar-refractivity contribution in [1.29, 1.82) is 0 Å². The molecule has 5 nitrogen and oxygen atoms in total. The number of carbonyl (C=O) groups is 1. The number of aliphatic hydroxyl groups is 1. The summed E-state index contributed by atoms with van der Waals surface area (Å²) in [5.41, 5.74) is 0.496. The molecular formula is C16H24FN3O2. The van der Waals surface area contributed by atoms with Gasteiger partial charge in [0.15, 0.2) is 0 Å². The molecule has 0 aromatic heterocycles. The highest BCUT2D eigenvalue weighted by Gasteiger charge is 2.25. The second kappa shape index (κ2) is 8.22. The number of carbonyl (C=O) groups excluding carboxylic acids is 1. The minimum atomic E-state index is -0.298. The Kier molecular flexibility index (Phi) is 6.30. The summed E-state index contributed by atoms with van der Waals surface area (Å²) in [6.07, 6.45) is 0. The van der Waals surface area contributed by atoms with E-state index in [4.69, 9.17) is 5.11 Å². The number of halogens is 1. The van der Waals surface area contributed by atoms with E-state index in [-0.39, 0.29) is 30.9 Å². The van der Waals surface area contributed by atoms with E-state index >= 15 is 0 Å². The van der Waals surface area contributed by atoms with E-state index in [2.05, 4.69) is 15.1 Å². The van der Waals surface area contributed by atoms with Crippen LogP contribution in [0.3, 0.4) is 0 Å². The maximum atomic E-state index is 13.5. The summed E-state index contributed by atoms with van der Waals surface area (Å²) < 4.78 is 13.5. The lowest BCUT2D eigenvalue weighted by molar-refractivity contribution is -0.126. The molecule has 0 radical (unpaired) electrons. The predicted octanol–water partition coefficient (Wildman–Crippen LogP) is 0.440. The van der Waals surface area contributed by atoms with Crippen molar-refractivity contribution in [3.05, 3.63) is 35.6 Å². The molecule has 1 heterocycles. The molecule has 122 valence electrons. The van der Waals surface area contributed by atoms with Crippen LogP contribution in [0.2, 0.25) is 0 Å². The number of hydrogen-bond acceptors (Lipinski definition) is 4. The van der Waals surface area contributed by atoms with E-state index in [1.165, 1.54) is 6.07 Å². The van der Waals surface area contributed by atoms with E-state index < -0.39 is 0 Å². The molecule has 1 aromatic rings. The van der Waals surface area contributed by atoms with Gasteiger partial charge < -0.3 is 10.4 Å². The Hall–Kier alpha value is -1.50. The van der Waals surface area contributed by atoms with Crippen LogP contribution in [0.5, 0.6) is 0 Å². The standard InChI is InChI=1S/C16H24FN3O2/c1-13(20-8-6-19(7-9-20)10-11-21)16(22)18-12-14-4-2-3-5-15(14)17/h2-5,13,21H,6-12H2,1H3,(H,18,22). The number of benzene rings is 1. The van der Waals surface area contributed by atoms with Gasteiger partial charge in [-0.05, 0) is 13.0 Å². The fourth-order valence-electron chi connectivity index (χ4n) is 2.65. The molecule has 1 aliphatic heterocycles. The van der Waals surface area contributed by atoms with Crippen molar-refractivity contribution >= 4 is 5.91 Å². The molecule has 2 N–H and O–H groups in total. The topological polar surface area (TPSA) is 55.8 Å². The van der Waals surface area contributed by atoms with Crippen LogP contribution in [0.4, 0.5) is 4.39 Å². The third-order valence-corrected chi connectivity index (χ3v) is 4.16. The van der Waals surface area contributed by atoms with Crippen LogP contribution < -0.4 is 5.32 Å². The van der Waals surface area contributed by atoms with Crippen molar-refractivity contribution in [3.63, 3.8) is 0 Å². The van der Waals surface area contributed by atoms with E-state index in [1.54, 1.807) is 18.2 Å². The predicted molar refractivity (Wildman–Crippen MR) is 82.8 cm³/mol. The Morgan fingerprint density at radius 2 is 2.00 bits per heavy atom. The Morgan fingerprint density at radius 1 is 1.32 bits per heavy atom. The zero-order valence-electron chi connectivity index (χ0n) is 13.0. The van der Waals surface area contributed by atoms with Gasteiger partial charge in [-0.15, -0.1) is 0 Å². The highest BCUT2D eigenvalue weighted by atomic mass is 19.1. The van der Waals surface area contributed by atoms with E-state index in [0.717, 1.165) is 26.2 Å². The molecule has 1 saturated heterocycles. The van der Waals surface area contributed by atoms with Crippen LogP contribution in [-0.2, 0) is 11.3 Å². The molecule has 0 spiro atoms. The average molecular weight is 309 g/mol. The Balaban J connectivity index is 1.79. The minimum absolute atomic E-state index is 0.0844. The number of hydrogen-bond donors (Lipinski definition) is 2. The van der Waals surface area contributed by atoms with Crippen LogP contribution in [0.1, 0.15) is 12.5 Å². The molecule has 0 aliphatic carbocycles. The van der Waals surface area contributed by atoms with Gasteiger partial charge in [-0.2, -0.15) is 0 Å². The molecule has 1 aromatic carbocycles. The summed E-state index contributed by atoms with van der Waals surface area (Å²) in [6, 6.07) is 6.23. The fourth-order valence-corrected chi connectivity index (χ4v) is 2.65. The number of amides is 1. The normalized spacial score (nSPS) is 18.1. The maximum Gasteiger partial charge on any atom is 0.237 e. The van der Waals surface area contributed by atoms with Gasteiger partial charge in [0.25, 0.3) is 0 Å². The Bertz CT molecular complexity index is 490. The first-order valence-electron chi connectivity index (χ1n) is 7.70. The zero-order chi connectivity index (χ0) is 15.9. The summed E-state index contributed by atoms with van der Waals surface area (Å²) in [4.78, 5) is 16.5. The first kappa shape index (κ1) is 16.9. The van der Waals surface area contributed by atoms with Crippen molar-refractivity contribution in [2.24, 2.45) is 0 Å². The van der Waals surface area contributed by atoms with Crippen molar-refractivity contribution in [1.82, 2.24) is 15.1 Å². The molecule has 2 rings (SSSR count). The molecule has 1 aliphatic rings. The van der Waals surface area contributed by atoms with Crippen LogP contribution in [0, 0.1) is 5.82 Å². The first-order chi connectivity index (χ1) is 10.6. The minimum Gasteiger partial charge on any atom is -0.395 e. The van der Waals surface area contributed by atoms with Crippen molar-refractivity contribution in [2.75, 3.05) is 39.3 Å². The van der Waals surface area contributed by atoms with Crippen LogP contribution in [-0.4, -0.2) is 66.2 Å². The summed E-state index contributed by atoms with van der Waals surface area (Å²) in [7, 11) is 0. The van der Waals surface area contributed by atoms with Crippen molar-refractivity contribution in [2.45, 2.75) is 19.5 Å². The van der Waals surface area contributed by atoms with Gasteiger partial charge in [-0.25, -0.2) is 4.39 Å². The van der Waals surface area contributed by atoms with Gasteiger partial charge in [0.1, 0.15) is 5.82 Å². The molecule has 1 unspecified atom stereocenters. The third kappa shape index (κ3) is 4.50. The number of nitrogens with zero attached hydrogens (tertiary/aromatic N) is 2. The number of nitrogens with one attached hydrogen (secondary N) is 1. The van der Waals surface area contributed by atoms with Gasteiger partial charge in [0.05, 0.1) is 12.6 Å². The molecule has 1 atom stereocenters. The first-order valence-corrected chi connectivity index (χ1v) is 7.70. The lowest BCUT2D eigenvalue weighted by atomic mass is 10.2. The second-order valence-corrected chi connectivity index (χ2v) is 5.59. The highest BCUT2D eigenvalue weighted by Crippen LogP contribution is 2.08. The van der Waals surface area contributed by atoms with E-state index in [1.807, 2.05) is 6.92 Å². The lowest BCUT2D eigenvalue weighted by Crippen LogP contribution is -2.54. The van der Waals surface area contributed by atoms with E-state index in [9.17, 15) is 9.18 Å². The number of aliphatic hydroxyl groups excluding tert-OH is 1. The summed E-state index contributed by atoms with van der Waals surface area (Å²) in [5, 5.41) is 11.7. The maximum absolute atomic E-state index is 13.5. The van der Waals surface area contributed by atoms with Crippen LogP contribution in [0.25, 0.3) is 0 Å². The quantitative estimate of drug-likeness (QED) is 0.801. The highest BCUT2D eigenvalue weighted by molar-refractivity contribution is 5.81. The van der Waals surface area contributed by atoms with Crippen molar-refractivity contribution in [3.8, 4) is 0 Å². The van der Waals surface area contributed by atoms with Gasteiger partial charge >= 0.3 is 0 Å². The van der Waals surface area contributed by atoms with Gasteiger partial charge in [-0.3, -0.25) is 14.6 Å². The molecule has 0 bridgehead atoms. The summed E-state index contributed by atoms with van der Waals surface area (Å²) >= 11 is 0. The molecule has 6 heteroatoms. The molecule has 0 saturated carbocycles. The Morgan fingerprint density at radius 3 is 2.64 bits per heavy atom. The number of β-amino-alcohol motifs (C(OH)–C–C–N with tert-alkyl or cyclic N) is 1. The third-order valence-electron chi connectivity index (χ3n) is 4.16. The fraction of sp³-hybridized carbons (Fsp3) is 0.562. The molecule has 22 heavy (non-hydrogen) atoms. The van der Waals surface area contributed by atoms with Gasteiger partial charge in [0, 0.05) is 44.8 Å². The summed E-state index contributed by atoms with van der Waals surface area (Å²) in [6.45, 7) is 6.23. The number of rotatable bonds is 6. The largest absolute Gasteiger partial charge is 0.395 e. The molecule has 1 fully saturated rings. The zero-order valence-corrected chi connectivity index (χ0v) is 13.0. The Labute approximate surface area is 130 Å². The second-order valence-electron chi connectivity index (χ2n) is 5.59. The van der Waals surface area contributed by atoms with E-state index in [0.29, 0.717) is 12.1 Å². The lowest BCUT2D eigenvalue weighted by Gasteiger charge is -2.37. The SMILES string of the molecule is CC(C(=O)NCc1ccccc1F)N1CCN(CCO)CC1. The monoisotopic (exact) mass is 309 g/mol. The smallest absolute Gasteiger partial charge is 0.237 e. The average Bonchev–Trinajstić information content (AvgIpc) is 2.54. The van der Waals surface area contributed by atoms with Gasteiger partial charge in [0.2, 0.25) is 5.91 Å².